The summed E-state index contributed by atoms with van der Waals surface area (Å²) in [5.74, 6) is -3.90. The first-order valence-corrected chi connectivity index (χ1v) is 20.8. The maximum Gasteiger partial charge on any atom is 0.416 e. The van der Waals surface area contributed by atoms with E-state index in [1.54, 1.807) is 6.07 Å². The van der Waals surface area contributed by atoms with Crippen molar-refractivity contribution in [3.63, 3.8) is 0 Å². The van der Waals surface area contributed by atoms with E-state index in [0.29, 0.717) is 44.2 Å². The molecule has 1 aromatic heterocycles. The topological polar surface area (TPSA) is 152 Å². The smallest absolute Gasteiger partial charge is 0.416 e. The number of halogens is 7. The summed E-state index contributed by atoms with van der Waals surface area (Å²) in [4.78, 5) is 47.4. The van der Waals surface area contributed by atoms with Gasteiger partial charge in [-0.3, -0.25) is 23.7 Å². The molecule has 2 aliphatic carbocycles. The number of carbonyl (C=O) groups is 3. The minimum atomic E-state index is -4.92. The molecule has 3 N–H and O–H groups in total. The molecular weight excluding hydrogens is 814 g/mol. The van der Waals surface area contributed by atoms with Crippen LogP contribution < -0.4 is 20.1 Å². The van der Waals surface area contributed by atoms with Crippen molar-refractivity contribution in [3.05, 3.63) is 66.0 Å². The van der Waals surface area contributed by atoms with E-state index in [4.69, 9.17) is 4.74 Å². The molecule has 0 bridgehead atoms. The van der Waals surface area contributed by atoms with Gasteiger partial charge in [-0.15, -0.1) is 0 Å². The number of carbonyl (C=O) groups excluding carboxylic acids is 3. The van der Waals surface area contributed by atoms with Crippen LogP contribution in [-0.4, -0.2) is 81.8 Å². The summed E-state index contributed by atoms with van der Waals surface area (Å²) in [5, 5.41) is 5.32. The van der Waals surface area contributed by atoms with E-state index in [-0.39, 0.29) is 42.4 Å². The molecule has 2 saturated carbocycles. The minimum Gasteiger partial charge on any atom is -0.459 e. The quantitative estimate of drug-likeness (QED) is 0.0766. The number of nitrogens with zero attached hydrogens (tertiary/aromatic N) is 3. The number of hydrogen-bond acceptors (Lipinski definition) is 8. The summed E-state index contributed by atoms with van der Waals surface area (Å²) in [6.07, 6.45) is -4.05. The average molecular weight is 859 g/mol. The standard InChI is InChI=1S/C39H45F7N6O6S/c1-3-4-5-6-7-8-12-29(47-26-19-24(39(44,45)46)18-25(40)20-26)33(54)51-22-27(58-35-48-28-11-9-10-13-30(28)52(35)23-38(41,42)43)21-31(51)32(53)49-37(16-17-37)34(55)50-59(56,57)36(2)14-15-36/h3-4,9-11,13,18-20,27,29,31,47H,5-8,12,14-17,21-23H2,1-2H3,(H,49,53)(H,50,55)/b4-3-/t27-,29+,31+/m1/s1. The Morgan fingerprint density at radius 1 is 1.02 bits per heavy atom. The number of unbranched alkanes of at least 4 members (excludes halogenated alkanes) is 3. The summed E-state index contributed by atoms with van der Waals surface area (Å²) in [6.45, 7) is 1.45. The van der Waals surface area contributed by atoms with Crippen molar-refractivity contribution in [2.24, 2.45) is 0 Å². The Balaban J connectivity index is 1.30. The van der Waals surface area contributed by atoms with Gasteiger partial charge in [0.2, 0.25) is 21.8 Å². The van der Waals surface area contributed by atoms with Crippen molar-refractivity contribution in [3.8, 4) is 6.01 Å². The van der Waals surface area contributed by atoms with Gasteiger partial charge < -0.3 is 20.3 Å². The highest BCUT2D eigenvalue weighted by molar-refractivity contribution is 7.91. The zero-order valence-electron chi connectivity index (χ0n) is 32.3. The summed E-state index contributed by atoms with van der Waals surface area (Å²) in [7, 11) is -4.09. The third-order valence-corrected chi connectivity index (χ3v) is 13.1. The molecule has 3 fully saturated rings. The lowest BCUT2D eigenvalue weighted by molar-refractivity contribution is -0.141. The number of ether oxygens (including phenoxy) is 1. The van der Waals surface area contributed by atoms with Crippen LogP contribution in [0.4, 0.5) is 36.4 Å². The van der Waals surface area contributed by atoms with E-state index in [0.717, 1.165) is 22.0 Å². The van der Waals surface area contributed by atoms with Crippen molar-refractivity contribution in [2.45, 2.75) is 125 Å². The lowest BCUT2D eigenvalue weighted by atomic mass is 10.0. The van der Waals surface area contributed by atoms with Gasteiger partial charge in [-0.25, -0.2) is 12.8 Å². The van der Waals surface area contributed by atoms with E-state index >= 15 is 0 Å². The molecule has 59 heavy (non-hydrogen) atoms. The lowest BCUT2D eigenvalue weighted by Gasteiger charge is -2.30. The number of alkyl halides is 6. The van der Waals surface area contributed by atoms with Gasteiger partial charge in [-0.05, 0) is 89.1 Å². The van der Waals surface area contributed by atoms with Crippen molar-refractivity contribution in [1.82, 2.24) is 24.5 Å². The first kappa shape index (κ1) is 43.7. The predicted octanol–water partition coefficient (Wildman–Crippen LogP) is 6.76. The number of allylic oxidation sites excluding steroid dienone is 2. The molecule has 6 rings (SSSR count). The van der Waals surface area contributed by atoms with Gasteiger partial charge >= 0.3 is 12.4 Å². The van der Waals surface area contributed by atoms with E-state index in [9.17, 15) is 53.5 Å². The van der Waals surface area contributed by atoms with Gasteiger partial charge in [-0.1, -0.05) is 37.1 Å². The number of benzene rings is 2. The zero-order chi connectivity index (χ0) is 43.0. The fourth-order valence-electron chi connectivity index (χ4n) is 7.09. The molecule has 12 nitrogen and oxygen atoms in total. The number of hydrogen-bond donors (Lipinski definition) is 3. The molecule has 1 aliphatic heterocycles. The Morgan fingerprint density at radius 3 is 2.37 bits per heavy atom. The van der Waals surface area contributed by atoms with Crippen LogP contribution in [0.25, 0.3) is 11.0 Å². The minimum absolute atomic E-state index is 0.0211. The molecule has 3 aromatic rings. The van der Waals surface area contributed by atoms with Crippen LogP contribution in [0.5, 0.6) is 6.01 Å². The molecule has 20 heteroatoms. The largest absolute Gasteiger partial charge is 0.459 e. The second-order valence-electron chi connectivity index (χ2n) is 15.7. The van der Waals surface area contributed by atoms with Crippen molar-refractivity contribution in [1.29, 1.82) is 0 Å². The van der Waals surface area contributed by atoms with Crippen LogP contribution in [0.3, 0.4) is 0 Å². The number of amides is 3. The summed E-state index contributed by atoms with van der Waals surface area (Å²) < 4.78 is 130. The summed E-state index contributed by atoms with van der Waals surface area (Å²) in [6, 6.07) is 4.48. The van der Waals surface area contributed by atoms with Gasteiger partial charge in [0.15, 0.2) is 0 Å². The Labute approximate surface area is 336 Å². The van der Waals surface area contributed by atoms with Crippen LogP contribution in [0, 0.1) is 5.82 Å². The molecule has 1 saturated heterocycles. The zero-order valence-corrected chi connectivity index (χ0v) is 33.1. The number of fused-ring (bicyclic) bond motifs is 1. The van der Waals surface area contributed by atoms with Crippen LogP contribution in [-0.2, 0) is 37.1 Å². The molecule has 2 heterocycles. The van der Waals surface area contributed by atoms with Crippen molar-refractivity contribution in [2.75, 3.05) is 11.9 Å². The maximum absolute atomic E-state index is 14.6. The summed E-state index contributed by atoms with van der Waals surface area (Å²) >= 11 is 0. The number of para-hydroxylation sites is 2. The molecule has 0 unspecified atom stereocenters. The van der Waals surface area contributed by atoms with Gasteiger partial charge in [0, 0.05) is 12.1 Å². The molecule has 2 aromatic carbocycles. The van der Waals surface area contributed by atoms with Gasteiger partial charge in [0.1, 0.15) is 36.1 Å². The van der Waals surface area contributed by atoms with Crippen LogP contribution in [0.15, 0.2) is 54.6 Å². The normalized spacial score (nSPS) is 20.4. The van der Waals surface area contributed by atoms with Crippen molar-refractivity contribution < 1.29 is 58.3 Å². The number of aromatic nitrogens is 2. The molecule has 0 radical (unpaired) electrons. The molecular formula is C39H45F7N6O6S. The van der Waals surface area contributed by atoms with Crippen LogP contribution in [0.1, 0.15) is 83.6 Å². The highest BCUT2D eigenvalue weighted by Crippen LogP contribution is 2.44. The fourth-order valence-corrected chi connectivity index (χ4v) is 8.41. The van der Waals surface area contributed by atoms with E-state index < -0.39 is 99.1 Å². The Hall–Kier alpha value is -4.88. The molecule has 322 valence electrons. The number of nitrogens with one attached hydrogen (secondary N) is 3. The van der Waals surface area contributed by atoms with Crippen molar-refractivity contribution >= 4 is 44.5 Å². The molecule has 0 spiro atoms. The number of rotatable bonds is 17. The average Bonchev–Trinajstić information content (AvgIpc) is 4.03. The first-order valence-electron chi connectivity index (χ1n) is 19.3. The third kappa shape index (κ3) is 10.3. The predicted molar refractivity (Wildman–Crippen MR) is 202 cm³/mol. The Kier molecular flexibility index (Phi) is 12.3. The SMILES string of the molecule is C/C=C\CCCCC[C@H](Nc1cc(F)cc(C(F)(F)F)c1)C(=O)N1C[C@H](Oc2nc3ccccc3n2CC(F)(F)F)C[C@H]1C(=O)NC1(C(=O)NS(=O)(=O)C2(C)CC2)CC1. The second kappa shape index (κ2) is 16.6. The van der Waals surface area contributed by atoms with E-state index in [2.05, 4.69) is 20.3 Å². The Morgan fingerprint density at radius 2 is 1.73 bits per heavy atom. The number of imidazole rings is 1. The lowest BCUT2D eigenvalue weighted by Crippen LogP contribution is -2.57. The third-order valence-electron chi connectivity index (χ3n) is 10.9. The number of likely N-dealkylation sites (tertiary alicyclic amines) is 1. The monoisotopic (exact) mass is 858 g/mol. The van der Waals surface area contributed by atoms with Crippen LogP contribution >= 0.6 is 0 Å². The highest BCUT2D eigenvalue weighted by atomic mass is 32.2. The maximum atomic E-state index is 14.6. The highest BCUT2D eigenvalue weighted by Gasteiger charge is 2.57. The molecule has 3 atom stereocenters. The number of anilines is 1. The second-order valence-corrected chi connectivity index (χ2v) is 17.8. The van der Waals surface area contributed by atoms with Gasteiger partial charge in [0.05, 0.1) is 27.9 Å². The fraction of sp³-hybridized carbons (Fsp3) is 0.538. The number of sulfonamides is 1. The van der Waals surface area contributed by atoms with E-state index in [1.165, 1.54) is 25.1 Å². The van der Waals surface area contributed by atoms with Crippen LogP contribution in [0.2, 0.25) is 0 Å². The first-order chi connectivity index (χ1) is 27.6. The summed E-state index contributed by atoms with van der Waals surface area (Å²) in [5.41, 5.74) is -3.03. The van der Waals surface area contributed by atoms with E-state index in [1.807, 2.05) is 19.1 Å². The van der Waals surface area contributed by atoms with Gasteiger partial charge in [0.25, 0.3) is 11.9 Å². The molecule has 3 amide bonds. The molecule has 3 aliphatic rings. The van der Waals surface area contributed by atoms with Gasteiger partial charge in [-0.2, -0.15) is 31.3 Å². The Bertz CT molecular complexity index is 2200.